The quantitative estimate of drug-likeness (QED) is 0.679. The summed E-state index contributed by atoms with van der Waals surface area (Å²) in [5, 5.41) is 5.68. The summed E-state index contributed by atoms with van der Waals surface area (Å²) in [6.07, 6.45) is 0. The van der Waals surface area contributed by atoms with E-state index in [1.165, 1.54) is 12.1 Å². The number of carbonyl (C=O) groups excluding carboxylic acids is 2. The standard InChI is InChI=1S/C24H31FN4O3/c1-17(2)16-32-22-10-5-4-9-21(22)27-24(31)29-13-11-28(12-14-29)18(3)23(30)26-20-8-6-7-19(25)15-20/h4-10,15,17-18H,11-14,16H2,1-3H3,(H,26,30)(H,27,31). The molecule has 1 saturated heterocycles. The Morgan fingerprint density at radius 2 is 1.72 bits per heavy atom. The molecule has 3 amide bonds. The molecule has 2 aromatic carbocycles. The fourth-order valence-electron chi connectivity index (χ4n) is 3.44. The van der Waals surface area contributed by atoms with Gasteiger partial charge >= 0.3 is 6.03 Å². The zero-order valence-corrected chi connectivity index (χ0v) is 18.8. The third kappa shape index (κ3) is 6.43. The van der Waals surface area contributed by atoms with Gasteiger partial charge in [-0.1, -0.05) is 32.0 Å². The first-order valence-corrected chi connectivity index (χ1v) is 10.9. The monoisotopic (exact) mass is 442 g/mol. The molecule has 1 aliphatic rings. The highest BCUT2D eigenvalue weighted by atomic mass is 19.1. The van der Waals surface area contributed by atoms with E-state index in [4.69, 9.17) is 4.74 Å². The van der Waals surface area contributed by atoms with E-state index in [9.17, 15) is 14.0 Å². The van der Waals surface area contributed by atoms with Gasteiger partial charge in [0.1, 0.15) is 11.6 Å². The first kappa shape index (κ1) is 23.5. The molecule has 1 heterocycles. The molecule has 0 aromatic heterocycles. The van der Waals surface area contributed by atoms with Gasteiger partial charge in [0.2, 0.25) is 5.91 Å². The Morgan fingerprint density at radius 3 is 2.41 bits per heavy atom. The Labute approximate surface area is 188 Å². The van der Waals surface area contributed by atoms with Crippen molar-refractivity contribution in [3.05, 3.63) is 54.3 Å². The first-order valence-electron chi connectivity index (χ1n) is 10.9. The lowest BCUT2D eigenvalue weighted by Gasteiger charge is -2.37. The van der Waals surface area contributed by atoms with Crippen molar-refractivity contribution in [1.29, 1.82) is 0 Å². The number of nitrogens with zero attached hydrogens (tertiary/aromatic N) is 2. The number of carbonyl (C=O) groups is 2. The van der Waals surface area contributed by atoms with Gasteiger partial charge in [0, 0.05) is 31.9 Å². The van der Waals surface area contributed by atoms with Crippen LogP contribution in [0.15, 0.2) is 48.5 Å². The van der Waals surface area contributed by atoms with E-state index >= 15 is 0 Å². The lowest BCUT2D eigenvalue weighted by molar-refractivity contribution is -0.121. The van der Waals surface area contributed by atoms with Crippen LogP contribution >= 0.6 is 0 Å². The Balaban J connectivity index is 1.51. The Morgan fingerprint density at radius 1 is 1.00 bits per heavy atom. The molecule has 3 rings (SSSR count). The summed E-state index contributed by atoms with van der Waals surface area (Å²) in [4.78, 5) is 29.1. The van der Waals surface area contributed by atoms with Gasteiger partial charge in [-0.15, -0.1) is 0 Å². The van der Waals surface area contributed by atoms with E-state index in [2.05, 4.69) is 24.5 Å². The number of benzene rings is 2. The highest BCUT2D eigenvalue weighted by Crippen LogP contribution is 2.25. The van der Waals surface area contributed by atoms with Crippen molar-refractivity contribution in [3.63, 3.8) is 0 Å². The second-order valence-corrected chi connectivity index (χ2v) is 8.33. The van der Waals surface area contributed by atoms with Gasteiger partial charge in [-0.2, -0.15) is 0 Å². The summed E-state index contributed by atoms with van der Waals surface area (Å²) in [6.45, 7) is 8.65. The average Bonchev–Trinajstić information content (AvgIpc) is 2.78. The normalized spacial score (nSPS) is 15.3. The molecule has 8 heteroatoms. The summed E-state index contributed by atoms with van der Waals surface area (Å²) in [6, 6.07) is 12.6. The third-order valence-corrected chi connectivity index (χ3v) is 5.32. The van der Waals surface area contributed by atoms with E-state index in [0.717, 1.165) is 0 Å². The number of para-hydroxylation sites is 2. The third-order valence-electron chi connectivity index (χ3n) is 5.32. The zero-order chi connectivity index (χ0) is 23.1. The van der Waals surface area contributed by atoms with Crippen LogP contribution in [-0.2, 0) is 4.79 Å². The Kier molecular flexibility index (Phi) is 8.05. The fourth-order valence-corrected chi connectivity index (χ4v) is 3.44. The summed E-state index contributed by atoms with van der Waals surface area (Å²) < 4.78 is 19.1. The molecule has 2 aromatic rings. The van der Waals surface area contributed by atoms with Gasteiger partial charge < -0.3 is 20.3 Å². The minimum atomic E-state index is -0.397. The molecule has 0 aliphatic carbocycles. The highest BCUT2D eigenvalue weighted by molar-refractivity contribution is 5.94. The number of amides is 3. The largest absolute Gasteiger partial charge is 0.491 e. The Hall–Kier alpha value is -3.13. The fraction of sp³-hybridized carbons (Fsp3) is 0.417. The minimum Gasteiger partial charge on any atom is -0.491 e. The second kappa shape index (κ2) is 10.9. The number of hydrogen-bond acceptors (Lipinski definition) is 4. The summed E-state index contributed by atoms with van der Waals surface area (Å²) in [5.74, 6) is 0.429. The molecular formula is C24H31FN4O3. The van der Waals surface area contributed by atoms with E-state index in [0.29, 0.717) is 55.8 Å². The predicted octanol–water partition coefficient (Wildman–Crippen LogP) is 4.04. The first-order chi connectivity index (χ1) is 15.3. The maximum Gasteiger partial charge on any atom is 0.322 e. The van der Waals surface area contributed by atoms with Gasteiger partial charge in [0.25, 0.3) is 0 Å². The molecule has 2 N–H and O–H groups in total. The molecular weight excluding hydrogens is 411 g/mol. The van der Waals surface area contributed by atoms with Crippen LogP contribution in [0.3, 0.4) is 0 Å². The van der Waals surface area contributed by atoms with Gasteiger partial charge in [0.15, 0.2) is 0 Å². The summed E-state index contributed by atoms with van der Waals surface area (Å²) >= 11 is 0. The van der Waals surface area contributed by atoms with Crippen LogP contribution in [0.5, 0.6) is 5.75 Å². The van der Waals surface area contributed by atoms with Crippen molar-refractivity contribution < 1.29 is 18.7 Å². The van der Waals surface area contributed by atoms with Crippen LogP contribution in [0, 0.1) is 11.7 Å². The molecule has 1 aliphatic heterocycles. The maximum absolute atomic E-state index is 13.3. The molecule has 0 saturated carbocycles. The molecule has 32 heavy (non-hydrogen) atoms. The van der Waals surface area contributed by atoms with Crippen LogP contribution < -0.4 is 15.4 Å². The summed E-state index contributed by atoms with van der Waals surface area (Å²) in [7, 11) is 0. The van der Waals surface area contributed by atoms with Crippen molar-refractivity contribution in [2.24, 2.45) is 5.92 Å². The van der Waals surface area contributed by atoms with E-state index in [1.807, 2.05) is 36.1 Å². The second-order valence-electron chi connectivity index (χ2n) is 8.33. The topological polar surface area (TPSA) is 73.9 Å². The number of nitrogens with one attached hydrogen (secondary N) is 2. The number of urea groups is 1. The van der Waals surface area contributed by atoms with E-state index in [1.54, 1.807) is 17.0 Å². The number of halogens is 1. The number of rotatable bonds is 7. The minimum absolute atomic E-state index is 0.192. The SMILES string of the molecule is CC(C)COc1ccccc1NC(=O)N1CCN(C(C)C(=O)Nc2cccc(F)c2)CC1. The molecule has 1 fully saturated rings. The highest BCUT2D eigenvalue weighted by Gasteiger charge is 2.28. The van der Waals surface area contributed by atoms with Crippen LogP contribution in [0.2, 0.25) is 0 Å². The molecule has 0 radical (unpaired) electrons. The molecule has 1 atom stereocenters. The van der Waals surface area contributed by atoms with Gasteiger partial charge in [-0.3, -0.25) is 9.69 Å². The number of anilines is 2. The van der Waals surface area contributed by atoms with Crippen molar-refractivity contribution in [2.45, 2.75) is 26.8 Å². The smallest absolute Gasteiger partial charge is 0.322 e. The van der Waals surface area contributed by atoms with Crippen LogP contribution in [0.1, 0.15) is 20.8 Å². The van der Waals surface area contributed by atoms with Crippen LogP contribution in [-0.4, -0.2) is 60.6 Å². The van der Waals surface area contributed by atoms with Crippen LogP contribution in [0.25, 0.3) is 0 Å². The summed E-state index contributed by atoms with van der Waals surface area (Å²) in [5.41, 5.74) is 1.07. The van der Waals surface area contributed by atoms with Crippen molar-refractivity contribution in [2.75, 3.05) is 43.4 Å². The van der Waals surface area contributed by atoms with Crippen molar-refractivity contribution in [3.8, 4) is 5.75 Å². The van der Waals surface area contributed by atoms with Crippen molar-refractivity contribution >= 4 is 23.3 Å². The lowest BCUT2D eigenvalue weighted by atomic mass is 10.2. The van der Waals surface area contributed by atoms with E-state index in [-0.39, 0.29) is 11.9 Å². The van der Waals surface area contributed by atoms with Gasteiger partial charge in [-0.05, 0) is 43.2 Å². The Bertz CT molecular complexity index is 929. The van der Waals surface area contributed by atoms with Gasteiger partial charge in [0.05, 0.1) is 18.3 Å². The number of ether oxygens (including phenoxy) is 1. The zero-order valence-electron chi connectivity index (χ0n) is 18.8. The molecule has 1 unspecified atom stereocenters. The van der Waals surface area contributed by atoms with Crippen molar-refractivity contribution in [1.82, 2.24) is 9.80 Å². The average molecular weight is 443 g/mol. The maximum atomic E-state index is 13.3. The number of piperazine rings is 1. The van der Waals surface area contributed by atoms with E-state index < -0.39 is 11.9 Å². The van der Waals surface area contributed by atoms with Gasteiger partial charge in [-0.25, -0.2) is 9.18 Å². The number of hydrogen-bond donors (Lipinski definition) is 2. The molecule has 0 spiro atoms. The van der Waals surface area contributed by atoms with Crippen LogP contribution in [0.4, 0.5) is 20.6 Å². The predicted molar refractivity (Wildman–Crippen MR) is 123 cm³/mol. The lowest BCUT2D eigenvalue weighted by Crippen LogP contribution is -2.54. The molecule has 172 valence electrons. The molecule has 7 nitrogen and oxygen atoms in total. The molecule has 0 bridgehead atoms.